The smallest absolute Gasteiger partial charge is 0.323 e. The number of hydrogen-bond donors (Lipinski definition) is 2. The summed E-state index contributed by atoms with van der Waals surface area (Å²) in [5.41, 5.74) is 1.57. The zero-order chi connectivity index (χ0) is 23.7. The van der Waals surface area contributed by atoms with E-state index in [-0.39, 0.29) is 24.2 Å². The first-order chi connectivity index (χ1) is 16.5. The molecule has 0 spiro atoms. The first-order valence-electron chi connectivity index (χ1n) is 11.7. The second-order valence-corrected chi connectivity index (χ2v) is 9.16. The highest BCUT2D eigenvalue weighted by Crippen LogP contribution is 2.35. The molecule has 2 N–H and O–H groups in total. The van der Waals surface area contributed by atoms with Crippen LogP contribution in [-0.4, -0.2) is 63.6 Å². The average Bonchev–Trinajstić information content (AvgIpc) is 3.27. The molecule has 180 valence electrons. The summed E-state index contributed by atoms with van der Waals surface area (Å²) in [6.45, 7) is 0.328. The second-order valence-electron chi connectivity index (χ2n) is 9.16. The van der Waals surface area contributed by atoms with Crippen molar-refractivity contribution in [2.24, 2.45) is 0 Å². The highest BCUT2D eigenvalue weighted by Gasteiger charge is 2.41. The van der Waals surface area contributed by atoms with Crippen LogP contribution in [0.15, 0.2) is 34.9 Å². The number of nitrogens with zero attached hydrogens (tertiary/aromatic N) is 4. The number of aromatic nitrogens is 3. The van der Waals surface area contributed by atoms with Crippen molar-refractivity contribution in [1.82, 2.24) is 25.4 Å². The fraction of sp³-hybridized carbons (Fsp3) is 0.500. The van der Waals surface area contributed by atoms with E-state index in [1.165, 1.54) is 0 Å². The third-order valence-electron chi connectivity index (χ3n) is 6.78. The van der Waals surface area contributed by atoms with Crippen LogP contribution in [0.4, 0.5) is 19.4 Å². The molecule has 1 unspecified atom stereocenters. The van der Waals surface area contributed by atoms with Crippen molar-refractivity contribution >= 4 is 22.8 Å². The molecule has 3 atom stereocenters. The van der Waals surface area contributed by atoms with E-state index in [1.807, 2.05) is 23.1 Å². The second kappa shape index (κ2) is 9.61. The van der Waals surface area contributed by atoms with Gasteiger partial charge in [0.1, 0.15) is 13.3 Å². The van der Waals surface area contributed by atoms with Gasteiger partial charge in [0.25, 0.3) is 0 Å². The van der Waals surface area contributed by atoms with Crippen LogP contribution in [0.3, 0.4) is 0 Å². The number of hydrogen-bond acceptors (Lipinski definition) is 6. The average molecular weight is 471 g/mol. The molecule has 2 fully saturated rings. The number of carbonyl (C=O) groups excluding carboxylic acids is 1. The molecule has 5 rings (SSSR count). The summed E-state index contributed by atoms with van der Waals surface area (Å²) in [6, 6.07) is 6.55. The molecule has 2 aliphatic heterocycles. The van der Waals surface area contributed by atoms with Gasteiger partial charge in [0.15, 0.2) is 17.5 Å². The number of alkyl halides is 2. The third kappa shape index (κ3) is 4.59. The lowest BCUT2D eigenvalue weighted by molar-refractivity contribution is 0.0565. The lowest BCUT2D eigenvalue weighted by atomic mass is 9.81. The van der Waals surface area contributed by atoms with E-state index in [4.69, 9.17) is 4.42 Å². The van der Waals surface area contributed by atoms with E-state index < -0.39 is 19.4 Å². The quantitative estimate of drug-likeness (QED) is 0.554. The maximum atomic E-state index is 13.2. The highest BCUT2D eigenvalue weighted by molar-refractivity contribution is 5.92. The SMILES string of the molecule is Cc1ncc(-c2ccc3nnc(NC(=O)N4C5CCC[C@H]4C[C@H](NC(CF)CF)C5)cc3c2)o1. The Balaban J connectivity index is 1.31. The number of piperidine rings is 2. The van der Waals surface area contributed by atoms with Crippen molar-refractivity contribution in [2.75, 3.05) is 18.7 Å². The number of oxazole rings is 1. The van der Waals surface area contributed by atoms with Crippen LogP contribution in [0.25, 0.3) is 22.2 Å². The summed E-state index contributed by atoms with van der Waals surface area (Å²) in [4.78, 5) is 19.3. The van der Waals surface area contributed by atoms with Gasteiger partial charge in [0.05, 0.1) is 17.8 Å². The molecule has 2 bridgehead atoms. The third-order valence-corrected chi connectivity index (χ3v) is 6.78. The van der Waals surface area contributed by atoms with E-state index in [0.29, 0.717) is 35.8 Å². The molecular formula is C24H28F2N6O2. The van der Waals surface area contributed by atoms with Crippen molar-refractivity contribution in [1.29, 1.82) is 0 Å². The Morgan fingerprint density at radius 1 is 1.18 bits per heavy atom. The molecule has 0 aliphatic carbocycles. The lowest BCUT2D eigenvalue weighted by Crippen LogP contribution is -2.60. The number of carbonyl (C=O) groups is 1. The molecule has 8 nitrogen and oxygen atoms in total. The summed E-state index contributed by atoms with van der Waals surface area (Å²) in [5.74, 6) is 1.62. The van der Waals surface area contributed by atoms with E-state index in [2.05, 4.69) is 25.8 Å². The van der Waals surface area contributed by atoms with Crippen LogP contribution in [0.1, 0.15) is 38.0 Å². The molecule has 4 heterocycles. The van der Waals surface area contributed by atoms with Gasteiger partial charge in [-0.25, -0.2) is 18.6 Å². The molecule has 34 heavy (non-hydrogen) atoms. The van der Waals surface area contributed by atoms with Gasteiger partial charge >= 0.3 is 6.03 Å². The molecule has 10 heteroatoms. The molecule has 2 saturated heterocycles. The molecule has 2 amide bonds. The first-order valence-corrected chi connectivity index (χ1v) is 11.7. The summed E-state index contributed by atoms with van der Waals surface area (Å²) in [6.07, 6.45) is 5.84. The fourth-order valence-electron chi connectivity index (χ4n) is 5.24. The van der Waals surface area contributed by atoms with Crippen LogP contribution in [0, 0.1) is 6.92 Å². The minimum atomic E-state index is -0.773. The van der Waals surface area contributed by atoms with Crippen LogP contribution < -0.4 is 10.6 Å². The number of rotatable bonds is 6. The molecule has 2 aliphatic rings. The topological polar surface area (TPSA) is 96.2 Å². The Bertz CT molecular complexity index is 1150. The predicted molar refractivity (Wildman–Crippen MR) is 124 cm³/mol. The minimum Gasteiger partial charge on any atom is -0.441 e. The van der Waals surface area contributed by atoms with E-state index in [0.717, 1.165) is 30.2 Å². The van der Waals surface area contributed by atoms with E-state index >= 15 is 0 Å². The number of amides is 2. The Hall–Kier alpha value is -3.14. The summed E-state index contributed by atoms with van der Waals surface area (Å²) in [7, 11) is 0. The maximum absolute atomic E-state index is 13.2. The number of fused-ring (bicyclic) bond motifs is 3. The largest absolute Gasteiger partial charge is 0.441 e. The van der Waals surface area contributed by atoms with Gasteiger partial charge < -0.3 is 14.6 Å². The van der Waals surface area contributed by atoms with Crippen LogP contribution in [-0.2, 0) is 0 Å². The van der Waals surface area contributed by atoms with Gasteiger partial charge in [0, 0.05) is 36.0 Å². The fourth-order valence-corrected chi connectivity index (χ4v) is 5.24. The monoisotopic (exact) mass is 470 g/mol. The number of aryl methyl sites for hydroxylation is 1. The van der Waals surface area contributed by atoms with Crippen molar-refractivity contribution in [3.05, 3.63) is 36.4 Å². The van der Waals surface area contributed by atoms with E-state index in [1.54, 1.807) is 19.2 Å². The number of anilines is 1. The molecule has 0 radical (unpaired) electrons. The Labute approximate surface area is 196 Å². The minimum absolute atomic E-state index is 0.00876. The molecular weight excluding hydrogens is 442 g/mol. The summed E-state index contributed by atoms with van der Waals surface area (Å²) in [5, 5.41) is 15.2. The number of urea groups is 1. The Morgan fingerprint density at radius 3 is 2.62 bits per heavy atom. The maximum Gasteiger partial charge on any atom is 0.323 e. The normalized spacial score (nSPS) is 22.4. The molecule has 0 saturated carbocycles. The van der Waals surface area contributed by atoms with Crippen molar-refractivity contribution < 1.29 is 18.0 Å². The first kappa shape index (κ1) is 22.6. The predicted octanol–water partition coefficient (Wildman–Crippen LogP) is 4.41. The van der Waals surface area contributed by atoms with Crippen molar-refractivity contribution in [3.63, 3.8) is 0 Å². The van der Waals surface area contributed by atoms with Crippen LogP contribution in [0.2, 0.25) is 0 Å². The van der Waals surface area contributed by atoms with Crippen molar-refractivity contribution in [2.45, 2.75) is 63.2 Å². The highest BCUT2D eigenvalue weighted by atomic mass is 19.1. The van der Waals surface area contributed by atoms with Gasteiger partial charge in [-0.3, -0.25) is 5.32 Å². The van der Waals surface area contributed by atoms with Crippen LogP contribution in [0.5, 0.6) is 0 Å². The standard InChI is InChI=1S/C24H28F2N6O2/c1-14-27-13-22(34-14)15-5-6-21-16(7-15)8-23(31-30-21)29-24(33)32-19-3-2-4-20(32)10-17(9-19)28-18(11-25)12-26/h5-8,13,17-20,28H,2-4,9-12H2,1H3,(H,29,31,33)/t17-,19-,20?/m0/s1. The lowest BCUT2D eigenvalue weighted by Gasteiger charge is -2.49. The zero-order valence-corrected chi connectivity index (χ0v) is 19.0. The van der Waals surface area contributed by atoms with Gasteiger partial charge in [-0.15, -0.1) is 10.2 Å². The zero-order valence-electron chi connectivity index (χ0n) is 19.0. The number of nitrogens with one attached hydrogen (secondary N) is 2. The number of halogens is 2. The van der Waals surface area contributed by atoms with Crippen molar-refractivity contribution in [3.8, 4) is 11.3 Å². The van der Waals surface area contributed by atoms with Gasteiger partial charge in [-0.05, 0) is 56.4 Å². The number of benzene rings is 1. The molecule has 2 aromatic heterocycles. The van der Waals surface area contributed by atoms with Gasteiger partial charge in [-0.1, -0.05) is 0 Å². The molecule has 1 aromatic carbocycles. The van der Waals surface area contributed by atoms with Gasteiger partial charge in [0.2, 0.25) is 0 Å². The van der Waals surface area contributed by atoms with E-state index in [9.17, 15) is 13.6 Å². The van der Waals surface area contributed by atoms with Crippen LogP contribution >= 0.6 is 0 Å². The Morgan fingerprint density at radius 2 is 1.94 bits per heavy atom. The van der Waals surface area contributed by atoms with Gasteiger partial charge in [-0.2, -0.15) is 0 Å². The summed E-state index contributed by atoms with van der Waals surface area (Å²) < 4.78 is 31.6. The molecule has 3 aromatic rings. The Kier molecular flexibility index (Phi) is 6.40. The summed E-state index contributed by atoms with van der Waals surface area (Å²) >= 11 is 0.